The van der Waals surface area contributed by atoms with E-state index in [-0.39, 0.29) is 41.0 Å². The second-order valence-electron chi connectivity index (χ2n) is 8.31. The van der Waals surface area contributed by atoms with Crippen LogP contribution in [-0.2, 0) is 9.53 Å². The first kappa shape index (κ1) is 27.6. The Morgan fingerprint density at radius 1 is 1.21 bits per heavy atom. The maximum atomic E-state index is 15.4. The van der Waals surface area contributed by atoms with Crippen LogP contribution in [0.25, 0.3) is 0 Å². The Morgan fingerprint density at radius 3 is 2.69 bits per heavy atom. The zero-order chi connectivity index (χ0) is 28.1. The van der Waals surface area contributed by atoms with Crippen molar-refractivity contribution < 1.29 is 32.9 Å². The van der Waals surface area contributed by atoms with Crippen LogP contribution in [0.4, 0.5) is 8.78 Å². The number of amidine groups is 2. The number of pyridine rings is 1. The third-order valence-electron chi connectivity index (χ3n) is 5.64. The Balaban J connectivity index is 1.66. The molecule has 0 saturated heterocycles. The van der Waals surface area contributed by atoms with E-state index in [4.69, 9.17) is 20.6 Å². The van der Waals surface area contributed by atoms with Crippen molar-refractivity contribution in [2.45, 2.75) is 11.3 Å². The molecule has 2 heterocycles. The molecular weight excluding hydrogens is 532 g/mol. The number of hydrogen-bond acceptors (Lipinski definition) is 10. The Kier molecular flexibility index (Phi) is 8.49. The van der Waals surface area contributed by atoms with Gasteiger partial charge in [-0.2, -0.15) is 4.39 Å². The van der Waals surface area contributed by atoms with E-state index >= 15 is 4.39 Å². The fourth-order valence-electron chi connectivity index (χ4n) is 3.62. The van der Waals surface area contributed by atoms with Crippen molar-refractivity contribution >= 4 is 29.4 Å². The maximum Gasteiger partial charge on any atom is 0.306 e. The van der Waals surface area contributed by atoms with Crippen molar-refractivity contribution in [3.63, 3.8) is 0 Å². The topological polar surface area (TPSA) is 143 Å². The van der Waals surface area contributed by atoms with Crippen molar-refractivity contribution in [2.75, 3.05) is 33.0 Å². The van der Waals surface area contributed by atoms with E-state index in [2.05, 4.69) is 14.7 Å². The summed E-state index contributed by atoms with van der Waals surface area (Å²) in [6.07, 6.45) is 0.951. The predicted molar refractivity (Wildman–Crippen MR) is 141 cm³/mol. The Morgan fingerprint density at radius 2 is 2.00 bits per heavy atom. The number of nitrogen functional groups attached to an aromatic ring is 1. The van der Waals surface area contributed by atoms with Gasteiger partial charge in [0.05, 0.1) is 31.8 Å². The van der Waals surface area contributed by atoms with Gasteiger partial charge in [-0.05, 0) is 36.4 Å². The standard InChI is InChI=1S/C26H25F2N5O5S/c1-33-9-8-31-25(33)16-12-15(39-10-7-21(35)36-2)4-6-19(16)37-23-17(27)13-32-26(22(23)28)38-20-11-14(24(29)30)3-5-18(20)34/h3-6,11-13,34H,7-10H2,1-2H3,(H3,29,30). The van der Waals surface area contributed by atoms with Crippen LogP contribution in [0, 0.1) is 17.0 Å². The number of carbonyl (C=O) groups is 1. The molecule has 10 nitrogen and oxygen atoms in total. The molecule has 0 spiro atoms. The van der Waals surface area contributed by atoms with Gasteiger partial charge in [-0.25, -0.2) is 9.37 Å². The van der Waals surface area contributed by atoms with Crippen molar-refractivity contribution in [3.8, 4) is 28.9 Å². The third-order valence-corrected chi connectivity index (χ3v) is 6.64. The molecule has 0 unspecified atom stereocenters. The number of aliphatic imine (C=N–C) groups is 1. The molecule has 0 radical (unpaired) electrons. The summed E-state index contributed by atoms with van der Waals surface area (Å²) in [6.45, 7) is 1.21. The molecule has 1 aromatic heterocycles. The quantitative estimate of drug-likeness (QED) is 0.144. The van der Waals surface area contributed by atoms with Gasteiger partial charge in [0, 0.05) is 29.8 Å². The molecule has 13 heteroatoms. The lowest BCUT2D eigenvalue weighted by Gasteiger charge is -2.19. The molecule has 0 saturated carbocycles. The van der Waals surface area contributed by atoms with E-state index in [1.165, 1.54) is 37.1 Å². The van der Waals surface area contributed by atoms with Gasteiger partial charge in [0.1, 0.15) is 17.4 Å². The van der Waals surface area contributed by atoms with E-state index in [1.54, 1.807) is 18.2 Å². The molecule has 4 rings (SSSR count). The van der Waals surface area contributed by atoms with E-state index in [9.17, 15) is 14.3 Å². The number of phenols is 1. The number of nitrogens with one attached hydrogen (secondary N) is 1. The number of aromatic hydroxyl groups is 1. The number of thioether (sulfide) groups is 1. The molecule has 2 aromatic carbocycles. The zero-order valence-corrected chi connectivity index (χ0v) is 21.8. The number of hydrogen-bond donors (Lipinski definition) is 3. The van der Waals surface area contributed by atoms with Gasteiger partial charge < -0.3 is 30.0 Å². The summed E-state index contributed by atoms with van der Waals surface area (Å²) >= 11 is 1.41. The van der Waals surface area contributed by atoms with Gasteiger partial charge in [0.25, 0.3) is 5.88 Å². The average molecular weight is 558 g/mol. The second-order valence-corrected chi connectivity index (χ2v) is 9.48. The lowest BCUT2D eigenvalue weighted by atomic mass is 10.1. The third kappa shape index (κ3) is 6.37. The van der Waals surface area contributed by atoms with Crippen LogP contribution in [0.2, 0.25) is 0 Å². The molecule has 1 aliphatic heterocycles. The lowest BCUT2D eigenvalue weighted by molar-refractivity contribution is -0.140. The van der Waals surface area contributed by atoms with Crippen LogP contribution in [-0.4, -0.2) is 65.6 Å². The minimum absolute atomic E-state index is 0.135. The number of esters is 1. The van der Waals surface area contributed by atoms with Gasteiger partial charge in [-0.1, -0.05) is 0 Å². The first-order valence-corrected chi connectivity index (χ1v) is 12.6. The fraction of sp³-hybridized carbons (Fsp3) is 0.231. The van der Waals surface area contributed by atoms with Crippen LogP contribution in [0.15, 0.2) is 52.5 Å². The summed E-state index contributed by atoms with van der Waals surface area (Å²) < 4.78 is 46.0. The molecule has 0 fully saturated rings. The summed E-state index contributed by atoms with van der Waals surface area (Å²) in [5, 5.41) is 17.6. The number of nitrogens with zero attached hydrogens (tertiary/aromatic N) is 3. The predicted octanol–water partition coefficient (Wildman–Crippen LogP) is 4.28. The smallest absolute Gasteiger partial charge is 0.306 e. The first-order chi connectivity index (χ1) is 18.7. The number of methoxy groups -OCH3 is 1. The monoisotopic (exact) mass is 557 g/mol. The molecule has 0 atom stereocenters. The molecule has 39 heavy (non-hydrogen) atoms. The first-order valence-electron chi connectivity index (χ1n) is 11.6. The number of halogens is 2. The van der Waals surface area contributed by atoms with Crippen molar-refractivity contribution in [3.05, 3.63) is 65.4 Å². The fourth-order valence-corrected chi connectivity index (χ4v) is 4.48. The van der Waals surface area contributed by atoms with E-state index in [0.29, 0.717) is 30.2 Å². The summed E-state index contributed by atoms with van der Waals surface area (Å²) in [5.41, 5.74) is 6.19. The van der Waals surface area contributed by atoms with Gasteiger partial charge in [0.2, 0.25) is 11.6 Å². The minimum Gasteiger partial charge on any atom is -0.504 e. The number of carbonyl (C=O) groups excluding carboxylic acids is 1. The molecule has 0 amide bonds. The molecule has 4 N–H and O–H groups in total. The zero-order valence-electron chi connectivity index (χ0n) is 21.0. The number of benzene rings is 2. The van der Waals surface area contributed by atoms with Gasteiger partial charge in [-0.15, -0.1) is 11.8 Å². The molecule has 204 valence electrons. The highest BCUT2D eigenvalue weighted by molar-refractivity contribution is 7.99. The van der Waals surface area contributed by atoms with Gasteiger partial charge >= 0.3 is 5.97 Å². The highest BCUT2D eigenvalue weighted by Gasteiger charge is 2.25. The number of ether oxygens (including phenoxy) is 3. The van der Waals surface area contributed by atoms with Crippen LogP contribution in [0.3, 0.4) is 0 Å². The normalized spacial score (nSPS) is 12.7. The Bertz CT molecular complexity index is 1450. The van der Waals surface area contributed by atoms with E-state index in [0.717, 1.165) is 11.1 Å². The van der Waals surface area contributed by atoms with E-state index < -0.39 is 23.3 Å². The largest absolute Gasteiger partial charge is 0.504 e. The molecule has 1 aliphatic rings. The van der Waals surface area contributed by atoms with Crippen molar-refractivity contribution in [1.82, 2.24) is 9.88 Å². The van der Waals surface area contributed by atoms with Crippen LogP contribution in [0.1, 0.15) is 17.5 Å². The van der Waals surface area contributed by atoms with Crippen LogP contribution in [0.5, 0.6) is 28.9 Å². The van der Waals surface area contributed by atoms with Crippen molar-refractivity contribution in [2.24, 2.45) is 10.7 Å². The van der Waals surface area contributed by atoms with E-state index in [1.807, 2.05) is 11.9 Å². The molecule has 0 aliphatic carbocycles. The maximum absolute atomic E-state index is 15.4. The summed E-state index contributed by atoms with van der Waals surface area (Å²) in [4.78, 5) is 22.3. The summed E-state index contributed by atoms with van der Waals surface area (Å²) in [6, 6.07) is 8.88. The SMILES string of the molecule is COC(=O)CCSc1ccc(Oc2c(F)cnc(Oc3cc(C(=N)N)ccc3O)c2F)c(C2=NCCN2C)c1. The number of nitrogens with two attached hydrogens (primary N) is 1. The molecule has 3 aromatic rings. The summed E-state index contributed by atoms with van der Waals surface area (Å²) in [7, 11) is 3.17. The summed E-state index contributed by atoms with van der Waals surface area (Å²) in [5.74, 6) is -3.78. The van der Waals surface area contributed by atoms with Gasteiger partial charge in [0.15, 0.2) is 17.3 Å². The number of rotatable bonds is 10. The lowest BCUT2D eigenvalue weighted by Crippen LogP contribution is -2.24. The highest BCUT2D eigenvalue weighted by Crippen LogP contribution is 2.38. The minimum atomic E-state index is -1.24. The van der Waals surface area contributed by atoms with Gasteiger partial charge in [-0.3, -0.25) is 15.2 Å². The van der Waals surface area contributed by atoms with Crippen LogP contribution >= 0.6 is 11.8 Å². The average Bonchev–Trinajstić information content (AvgIpc) is 3.35. The second kappa shape index (κ2) is 12.0. The molecular formula is C26H25F2N5O5S. The Hall–Kier alpha value is -4.39. The molecule has 0 bridgehead atoms. The number of aromatic nitrogens is 1. The van der Waals surface area contributed by atoms with Crippen molar-refractivity contribution in [1.29, 1.82) is 5.41 Å². The highest BCUT2D eigenvalue weighted by atomic mass is 32.2. The van der Waals surface area contributed by atoms with Crippen LogP contribution < -0.4 is 15.2 Å². The number of likely N-dealkylation sites (N-methyl/N-ethyl adjacent to an activating group) is 1. The Labute approximate surface area is 226 Å². The number of phenolic OH excluding ortho intramolecular Hbond substituents is 1.